The first kappa shape index (κ1) is 16.1. The monoisotopic (exact) mass is 263 g/mol. The molecule has 2 unspecified atom stereocenters. The molecule has 0 aromatic carbocycles. The highest BCUT2D eigenvalue weighted by molar-refractivity contribution is 5.25. The number of rotatable bonds is 8. The lowest BCUT2D eigenvalue weighted by Gasteiger charge is -2.27. The quantitative estimate of drug-likeness (QED) is 0.774. The molecule has 0 bridgehead atoms. The van der Waals surface area contributed by atoms with Crippen molar-refractivity contribution in [2.75, 3.05) is 6.54 Å². The molecule has 0 amide bonds. The van der Waals surface area contributed by atoms with Crippen molar-refractivity contribution in [3.8, 4) is 0 Å². The Morgan fingerprint density at radius 1 is 1.16 bits per heavy atom. The van der Waals surface area contributed by atoms with E-state index in [1.165, 1.54) is 18.4 Å². The van der Waals surface area contributed by atoms with E-state index in [4.69, 9.17) is 0 Å². The molecule has 2 atom stereocenters. The topological polar surface area (TPSA) is 37.8 Å². The van der Waals surface area contributed by atoms with Gasteiger partial charge in [0, 0.05) is 6.04 Å². The number of aromatic nitrogens is 2. The van der Waals surface area contributed by atoms with Crippen LogP contribution in [0.1, 0.15) is 70.0 Å². The van der Waals surface area contributed by atoms with Crippen LogP contribution in [0, 0.1) is 12.8 Å². The van der Waals surface area contributed by atoms with Crippen molar-refractivity contribution in [2.45, 2.75) is 66.3 Å². The van der Waals surface area contributed by atoms with Crippen LogP contribution >= 0.6 is 0 Å². The Labute approximate surface area is 118 Å². The second kappa shape index (κ2) is 8.26. The minimum Gasteiger partial charge on any atom is -0.310 e. The van der Waals surface area contributed by atoms with Crippen LogP contribution in [0.4, 0.5) is 0 Å². The molecule has 1 rings (SSSR count). The average Bonchev–Trinajstić information content (AvgIpc) is 2.40. The lowest BCUT2D eigenvalue weighted by Crippen LogP contribution is -2.29. The van der Waals surface area contributed by atoms with Gasteiger partial charge in [-0.2, -0.15) is 10.2 Å². The summed E-state index contributed by atoms with van der Waals surface area (Å²) < 4.78 is 0. The van der Waals surface area contributed by atoms with E-state index in [1.807, 2.05) is 6.92 Å². The summed E-state index contributed by atoms with van der Waals surface area (Å²) in [6.45, 7) is 12.0. The molecule has 108 valence electrons. The predicted octanol–water partition coefficient (Wildman–Crippen LogP) is 3.82. The molecule has 0 saturated heterocycles. The first-order chi connectivity index (χ1) is 9.13. The first-order valence-electron chi connectivity index (χ1n) is 7.70. The second-order valence-corrected chi connectivity index (χ2v) is 5.44. The second-order valence-electron chi connectivity index (χ2n) is 5.44. The van der Waals surface area contributed by atoms with Crippen LogP contribution in [0.5, 0.6) is 0 Å². The van der Waals surface area contributed by atoms with Gasteiger partial charge in [0.25, 0.3) is 0 Å². The van der Waals surface area contributed by atoms with Crippen molar-refractivity contribution in [2.24, 2.45) is 5.92 Å². The van der Waals surface area contributed by atoms with Crippen LogP contribution < -0.4 is 5.32 Å². The molecule has 0 aliphatic carbocycles. The third-order valence-electron chi connectivity index (χ3n) is 3.62. The molecule has 0 aliphatic rings. The summed E-state index contributed by atoms with van der Waals surface area (Å²) in [7, 11) is 0. The van der Waals surface area contributed by atoms with Crippen LogP contribution in [0.3, 0.4) is 0 Å². The summed E-state index contributed by atoms with van der Waals surface area (Å²) in [6.07, 6.45) is 4.58. The van der Waals surface area contributed by atoms with Gasteiger partial charge in [-0.05, 0) is 50.3 Å². The molecule has 1 aromatic heterocycles. The summed E-state index contributed by atoms with van der Waals surface area (Å²) in [6, 6.07) is 2.62. The molecule has 19 heavy (non-hydrogen) atoms. The summed E-state index contributed by atoms with van der Waals surface area (Å²) in [5, 5.41) is 12.3. The van der Waals surface area contributed by atoms with Gasteiger partial charge >= 0.3 is 0 Å². The summed E-state index contributed by atoms with van der Waals surface area (Å²) >= 11 is 0. The minimum absolute atomic E-state index is 0.407. The molecule has 1 N–H and O–H groups in total. The fourth-order valence-electron chi connectivity index (χ4n) is 2.62. The van der Waals surface area contributed by atoms with Gasteiger partial charge in [-0.1, -0.05) is 34.1 Å². The van der Waals surface area contributed by atoms with E-state index in [1.54, 1.807) is 0 Å². The lowest BCUT2D eigenvalue weighted by molar-refractivity contribution is 0.360. The average molecular weight is 263 g/mol. The Morgan fingerprint density at radius 3 is 2.47 bits per heavy atom. The zero-order valence-electron chi connectivity index (χ0n) is 13.2. The van der Waals surface area contributed by atoms with Crippen LogP contribution in [-0.2, 0) is 6.42 Å². The van der Waals surface area contributed by atoms with E-state index >= 15 is 0 Å². The fourth-order valence-corrected chi connectivity index (χ4v) is 2.62. The fraction of sp³-hybridized carbons (Fsp3) is 0.750. The van der Waals surface area contributed by atoms with E-state index in [0.717, 1.165) is 30.8 Å². The van der Waals surface area contributed by atoms with Crippen LogP contribution in [-0.4, -0.2) is 16.7 Å². The van der Waals surface area contributed by atoms with Gasteiger partial charge in [0.1, 0.15) is 0 Å². The molecule has 0 fully saturated rings. The Balaban J connectivity index is 3.04. The number of nitrogens with one attached hydrogen (secondary N) is 1. The maximum Gasteiger partial charge on any atom is 0.0676 e. The van der Waals surface area contributed by atoms with Crippen LogP contribution in [0.2, 0.25) is 0 Å². The van der Waals surface area contributed by atoms with Gasteiger partial charge in [0.2, 0.25) is 0 Å². The van der Waals surface area contributed by atoms with E-state index in [-0.39, 0.29) is 0 Å². The molecule has 0 aliphatic heterocycles. The molecule has 3 nitrogen and oxygen atoms in total. The van der Waals surface area contributed by atoms with E-state index < -0.39 is 0 Å². The number of nitrogens with zero attached hydrogens (tertiary/aromatic N) is 2. The molecule has 0 radical (unpaired) electrons. The Morgan fingerprint density at radius 2 is 1.89 bits per heavy atom. The van der Waals surface area contributed by atoms with Crippen molar-refractivity contribution >= 4 is 0 Å². The maximum absolute atomic E-state index is 4.38. The van der Waals surface area contributed by atoms with E-state index in [0.29, 0.717) is 12.0 Å². The van der Waals surface area contributed by atoms with Gasteiger partial charge in [-0.25, -0.2) is 0 Å². The van der Waals surface area contributed by atoms with Crippen molar-refractivity contribution in [3.63, 3.8) is 0 Å². The highest BCUT2D eigenvalue weighted by Gasteiger charge is 2.21. The van der Waals surface area contributed by atoms with Crippen molar-refractivity contribution in [3.05, 3.63) is 23.0 Å². The number of hydrogen-bond donors (Lipinski definition) is 1. The van der Waals surface area contributed by atoms with Crippen LogP contribution in [0.25, 0.3) is 0 Å². The third-order valence-corrected chi connectivity index (χ3v) is 3.62. The first-order valence-corrected chi connectivity index (χ1v) is 7.70. The Hall–Kier alpha value is -0.960. The summed E-state index contributed by atoms with van der Waals surface area (Å²) in [5.74, 6) is 0.630. The summed E-state index contributed by atoms with van der Waals surface area (Å²) in [5.41, 5.74) is 3.51. The molecule has 0 spiro atoms. The third kappa shape index (κ3) is 4.57. The van der Waals surface area contributed by atoms with Crippen molar-refractivity contribution in [1.82, 2.24) is 15.5 Å². The highest BCUT2D eigenvalue weighted by Crippen LogP contribution is 2.28. The minimum atomic E-state index is 0.407. The molecule has 1 heterocycles. The molecular formula is C16H29N3. The van der Waals surface area contributed by atoms with Gasteiger partial charge in [-0.15, -0.1) is 0 Å². The molecule has 0 saturated carbocycles. The number of aryl methyl sites for hydroxylation is 2. The van der Waals surface area contributed by atoms with Crippen LogP contribution in [0.15, 0.2) is 6.07 Å². The SMILES string of the molecule is CCCNC(c1cc(C)nnc1CC)C(C)CCC. The van der Waals surface area contributed by atoms with Gasteiger partial charge in [-0.3, -0.25) is 0 Å². The number of hydrogen-bond acceptors (Lipinski definition) is 3. The van der Waals surface area contributed by atoms with Gasteiger partial charge in [0.15, 0.2) is 0 Å². The maximum atomic E-state index is 4.38. The zero-order valence-corrected chi connectivity index (χ0v) is 13.2. The van der Waals surface area contributed by atoms with Gasteiger partial charge in [0.05, 0.1) is 11.4 Å². The standard InChI is InChI=1S/C16H29N3/c1-6-9-12(4)16(17-10-7-2)14-11-13(5)18-19-15(14)8-3/h11-12,16-17H,6-10H2,1-5H3. The molecular weight excluding hydrogens is 234 g/mol. The van der Waals surface area contributed by atoms with Gasteiger partial charge < -0.3 is 5.32 Å². The van der Waals surface area contributed by atoms with E-state index in [2.05, 4.69) is 49.3 Å². The predicted molar refractivity (Wildman–Crippen MR) is 81.3 cm³/mol. The summed E-state index contributed by atoms with van der Waals surface area (Å²) in [4.78, 5) is 0. The largest absolute Gasteiger partial charge is 0.310 e. The highest BCUT2D eigenvalue weighted by atomic mass is 15.1. The Kier molecular flexibility index (Phi) is 7.00. The van der Waals surface area contributed by atoms with Crippen molar-refractivity contribution < 1.29 is 0 Å². The molecule has 1 aromatic rings. The smallest absolute Gasteiger partial charge is 0.0676 e. The molecule has 3 heteroatoms. The Bertz CT molecular complexity index is 376. The lowest BCUT2D eigenvalue weighted by atomic mass is 9.89. The zero-order chi connectivity index (χ0) is 14.3. The van der Waals surface area contributed by atoms with E-state index in [9.17, 15) is 0 Å². The van der Waals surface area contributed by atoms with Crippen molar-refractivity contribution in [1.29, 1.82) is 0 Å². The normalized spacial score (nSPS) is 14.4.